The third-order valence-electron chi connectivity index (χ3n) is 17.5. The number of allylic oxidation sites excluding steroid dienone is 3. The number of rotatable bonds is 10. The van der Waals surface area contributed by atoms with E-state index >= 15 is 0 Å². The van der Waals surface area contributed by atoms with Gasteiger partial charge in [-0.3, -0.25) is 4.79 Å². The van der Waals surface area contributed by atoms with E-state index < -0.39 is 18.0 Å². The van der Waals surface area contributed by atoms with E-state index in [1.807, 2.05) is 12.1 Å². The fraction of sp³-hybridized carbons (Fsp3) is 0.717. The maximum Gasteiger partial charge on any atom is 0.335 e. The molecule has 1 saturated heterocycles. The number of aliphatic carboxylic acids is 1. The van der Waals surface area contributed by atoms with Crippen molar-refractivity contribution in [2.45, 2.75) is 131 Å². The summed E-state index contributed by atoms with van der Waals surface area (Å²) in [6, 6.07) is 6.89. The Labute approximate surface area is 318 Å². The van der Waals surface area contributed by atoms with Gasteiger partial charge in [-0.1, -0.05) is 71.9 Å². The Kier molecular flexibility index (Phi) is 9.89. The van der Waals surface area contributed by atoms with Crippen molar-refractivity contribution in [2.24, 2.45) is 56.7 Å². The summed E-state index contributed by atoms with van der Waals surface area (Å²) in [5, 5.41) is 22.9. The zero-order valence-corrected chi connectivity index (χ0v) is 33.4. The van der Waals surface area contributed by atoms with Gasteiger partial charge in [0.2, 0.25) is 5.91 Å². The third kappa shape index (κ3) is 5.87. The highest BCUT2D eigenvalue weighted by molar-refractivity contribution is 5.88. The van der Waals surface area contributed by atoms with Gasteiger partial charge < -0.3 is 20.4 Å². The molecule has 0 radical (unpaired) electrons. The number of carbonyl (C=O) groups excluding carboxylic acids is 1. The first kappa shape index (κ1) is 38.3. The number of carbonyl (C=O) groups is 3. The van der Waals surface area contributed by atoms with E-state index in [1.165, 1.54) is 62.5 Å². The highest BCUT2D eigenvalue weighted by Crippen LogP contribution is 2.77. The summed E-state index contributed by atoms with van der Waals surface area (Å²) in [7, 11) is 0. The average Bonchev–Trinajstić information content (AvgIpc) is 3.76. The summed E-state index contributed by atoms with van der Waals surface area (Å²) in [6.07, 6.45) is 16.3. The van der Waals surface area contributed by atoms with E-state index in [0.29, 0.717) is 61.1 Å². The Bertz CT molecular complexity index is 1660. The summed E-state index contributed by atoms with van der Waals surface area (Å²) in [5.41, 5.74) is 5.20. The topological polar surface area (TPSA) is 107 Å². The average molecular weight is 727 g/mol. The van der Waals surface area contributed by atoms with Crippen molar-refractivity contribution < 1.29 is 24.6 Å². The summed E-state index contributed by atoms with van der Waals surface area (Å²) in [6.45, 7) is 22.0. The molecule has 5 fully saturated rings. The van der Waals surface area contributed by atoms with E-state index in [4.69, 9.17) is 6.58 Å². The Morgan fingerprint density at radius 1 is 0.887 bits per heavy atom. The number of carboxylic acids is 2. The molecule has 1 heterocycles. The van der Waals surface area contributed by atoms with E-state index in [2.05, 4.69) is 52.9 Å². The SMILES string of the molecule is C=C(CC)C1CCC2(CNCCC(=O)N3CCCC3C(=O)O)CCC3(C)C(CCC4C5(C)CC=C(c6ccc(C(=O)O)cc6)C(C)(C)C5CCC43C)C12. The first-order chi connectivity index (χ1) is 25.0. The number of fused-ring (bicyclic) bond motifs is 7. The van der Waals surface area contributed by atoms with Crippen LogP contribution >= 0.6 is 0 Å². The first-order valence-electron chi connectivity index (χ1n) is 21.0. The van der Waals surface area contributed by atoms with Gasteiger partial charge in [-0.05, 0) is 157 Å². The summed E-state index contributed by atoms with van der Waals surface area (Å²) >= 11 is 0. The normalized spacial score (nSPS) is 40.0. The second-order valence-electron chi connectivity index (χ2n) is 19.6. The fourth-order valence-corrected chi connectivity index (χ4v) is 14.6. The number of aromatic carboxylic acids is 1. The van der Waals surface area contributed by atoms with Crippen molar-refractivity contribution in [2.75, 3.05) is 19.6 Å². The highest BCUT2D eigenvalue weighted by atomic mass is 16.4. The zero-order valence-electron chi connectivity index (χ0n) is 33.4. The van der Waals surface area contributed by atoms with Gasteiger partial charge in [0.15, 0.2) is 0 Å². The number of hydrogen-bond acceptors (Lipinski definition) is 4. The van der Waals surface area contributed by atoms with Gasteiger partial charge in [0, 0.05) is 26.1 Å². The highest BCUT2D eigenvalue weighted by Gasteiger charge is 2.70. The number of nitrogens with one attached hydrogen (secondary N) is 1. The maximum absolute atomic E-state index is 13.1. The molecule has 4 saturated carbocycles. The van der Waals surface area contributed by atoms with Gasteiger partial charge in [0.05, 0.1) is 5.56 Å². The smallest absolute Gasteiger partial charge is 0.335 e. The molecule has 5 aliphatic carbocycles. The molecule has 10 unspecified atom stereocenters. The monoisotopic (exact) mass is 726 g/mol. The number of benzene rings is 1. The van der Waals surface area contributed by atoms with Crippen molar-refractivity contribution in [3.63, 3.8) is 0 Å². The largest absolute Gasteiger partial charge is 0.480 e. The molecule has 0 spiro atoms. The van der Waals surface area contributed by atoms with Crippen LogP contribution in [0.15, 0.2) is 42.5 Å². The molecular weight excluding hydrogens is 661 g/mol. The van der Waals surface area contributed by atoms with Crippen molar-refractivity contribution in [1.29, 1.82) is 0 Å². The number of nitrogens with zero attached hydrogens (tertiary/aromatic N) is 1. The Morgan fingerprint density at radius 3 is 2.30 bits per heavy atom. The van der Waals surface area contributed by atoms with Crippen LogP contribution in [0.25, 0.3) is 5.57 Å². The number of likely N-dealkylation sites (tertiary alicyclic amines) is 1. The van der Waals surface area contributed by atoms with Gasteiger partial charge in [-0.2, -0.15) is 0 Å². The molecule has 0 aromatic heterocycles. The predicted molar refractivity (Wildman–Crippen MR) is 210 cm³/mol. The molecule has 1 aromatic carbocycles. The van der Waals surface area contributed by atoms with Crippen LogP contribution in [0.3, 0.4) is 0 Å². The molecular formula is C46H66N2O5. The van der Waals surface area contributed by atoms with Crippen LogP contribution in [0.2, 0.25) is 0 Å². The van der Waals surface area contributed by atoms with Crippen molar-refractivity contribution >= 4 is 23.4 Å². The van der Waals surface area contributed by atoms with Crippen LogP contribution in [0.5, 0.6) is 0 Å². The molecule has 290 valence electrons. The number of hydrogen-bond donors (Lipinski definition) is 3. The quantitative estimate of drug-likeness (QED) is 0.164. The van der Waals surface area contributed by atoms with Gasteiger partial charge in [0.25, 0.3) is 0 Å². The molecule has 6 aliphatic rings. The maximum atomic E-state index is 13.1. The summed E-state index contributed by atoms with van der Waals surface area (Å²) < 4.78 is 0. The number of carboxylic acid groups (broad SMARTS) is 2. The fourth-order valence-electron chi connectivity index (χ4n) is 14.6. The van der Waals surface area contributed by atoms with E-state index in [1.54, 1.807) is 17.0 Å². The molecule has 7 heteroatoms. The van der Waals surface area contributed by atoms with Crippen molar-refractivity contribution in [3.05, 3.63) is 53.6 Å². The van der Waals surface area contributed by atoms with Crippen LogP contribution in [0.1, 0.15) is 141 Å². The van der Waals surface area contributed by atoms with Crippen LogP contribution in [-0.4, -0.2) is 58.6 Å². The molecule has 7 rings (SSSR count). The lowest BCUT2D eigenvalue weighted by Crippen LogP contribution is -2.65. The Morgan fingerprint density at radius 2 is 1.62 bits per heavy atom. The molecule has 1 aromatic rings. The Hall–Kier alpha value is -2.93. The zero-order chi connectivity index (χ0) is 38.1. The molecule has 10 atom stereocenters. The van der Waals surface area contributed by atoms with E-state index in [0.717, 1.165) is 31.4 Å². The standard InChI is InChI=1S/C46H66N2O5/c1-8-29(2)32-17-23-46(28-47-26-20-38(49)48-27-9-10-35(48)41(52)53)25-24-44(6)34(39(32)46)15-16-37-43(5)21-18-33(30-11-13-31(14-12-30)40(50)51)42(3,4)36(43)19-22-45(37,44)7/h11-14,18,32,34-37,39,47H,2,8-10,15-17,19-28H2,1,3-7H3,(H,50,51)(H,52,53). The second kappa shape index (κ2) is 13.7. The molecule has 53 heavy (non-hydrogen) atoms. The van der Waals surface area contributed by atoms with Crippen LogP contribution < -0.4 is 5.32 Å². The lowest BCUT2D eigenvalue weighted by Gasteiger charge is -2.72. The van der Waals surface area contributed by atoms with Crippen molar-refractivity contribution in [3.8, 4) is 0 Å². The summed E-state index contributed by atoms with van der Waals surface area (Å²) in [4.78, 5) is 38.0. The lowest BCUT2D eigenvalue weighted by molar-refractivity contribution is -0.225. The lowest BCUT2D eigenvalue weighted by atomic mass is 9.32. The van der Waals surface area contributed by atoms with E-state index in [9.17, 15) is 24.6 Å². The molecule has 3 N–H and O–H groups in total. The molecule has 0 bridgehead atoms. The van der Waals surface area contributed by atoms with E-state index in [-0.39, 0.29) is 33.0 Å². The van der Waals surface area contributed by atoms with Crippen LogP contribution in [0, 0.1) is 56.7 Å². The van der Waals surface area contributed by atoms with Gasteiger partial charge in [-0.15, -0.1) is 0 Å². The number of amides is 1. The van der Waals surface area contributed by atoms with Gasteiger partial charge in [-0.25, -0.2) is 9.59 Å². The van der Waals surface area contributed by atoms with Gasteiger partial charge in [0.1, 0.15) is 6.04 Å². The first-order valence-corrected chi connectivity index (χ1v) is 21.0. The van der Waals surface area contributed by atoms with Gasteiger partial charge >= 0.3 is 11.9 Å². The molecule has 1 aliphatic heterocycles. The minimum Gasteiger partial charge on any atom is -0.480 e. The molecule has 1 amide bonds. The predicted octanol–water partition coefficient (Wildman–Crippen LogP) is 9.48. The van der Waals surface area contributed by atoms with Crippen molar-refractivity contribution in [1.82, 2.24) is 10.2 Å². The second-order valence-corrected chi connectivity index (χ2v) is 19.6. The van der Waals surface area contributed by atoms with Crippen LogP contribution in [-0.2, 0) is 9.59 Å². The Balaban J connectivity index is 1.12. The summed E-state index contributed by atoms with van der Waals surface area (Å²) in [5.74, 6) is 1.21. The minimum atomic E-state index is -0.881. The minimum absolute atomic E-state index is 0.00960. The van der Waals surface area contributed by atoms with Crippen LogP contribution in [0.4, 0.5) is 0 Å². The molecule has 7 nitrogen and oxygen atoms in total. The third-order valence-corrected chi connectivity index (χ3v) is 17.5.